The predicted molar refractivity (Wildman–Crippen MR) is 111 cm³/mol. The molecule has 30 heavy (non-hydrogen) atoms. The van der Waals surface area contributed by atoms with E-state index in [0.29, 0.717) is 36.4 Å². The molecule has 2 N–H and O–H groups in total. The first-order valence-corrected chi connectivity index (χ1v) is 9.84. The first kappa shape index (κ1) is 19.7. The summed E-state index contributed by atoms with van der Waals surface area (Å²) in [6, 6.07) is 12.6. The molecular weight excluding hydrogens is 384 g/mol. The van der Waals surface area contributed by atoms with Gasteiger partial charge in [-0.3, -0.25) is 19.7 Å². The number of hydrogen-bond donors (Lipinski definition) is 2. The molecule has 2 aliphatic heterocycles. The Morgan fingerprint density at radius 1 is 1.13 bits per heavy atom. The van der Waals surface area contributed by atoms with Crippen LogP contribution in [0.15, 0.2) is 48.5 Å². The van der Waals surface area contributed by atoms with Crippen molar-refractivity contribution in [2.75, 3.05) is 12.1 Å². The lowest BCUT2D eigenvalue weighted by molar-refractivity contribution is -0.138. The number of nitrogens with one attached hydrogen (secondary N) is 2. The number of imide groups is 1. The molecule has 2 aromatic rings. The van der Waals surface area contributed by atoms with E-state index in [9.17, 15) is 14.4 Å². The minimum absolute atomic E-state index is 0.205. The summed E-state index contributed by atoms with van der Waals surface area (Å²) in [6.07, 6.45) is 4.54. The van der Waals surface area contributed by atoms with E-state index < -0.39 is 5.41 Å². The molecule has 154 valence electrons. The van der Waals surface area contributed by atoms with E-state index in [1.165, 1.54) is 6.08 Å². The van der Waals surface area contributed by atoms with Crippen LogP contribution in [-0.4, -0.2) is 24.5 Å². The van der Waals surface area contributed by atoms with Crippen molar-refractivity contribution < 1.29 is 23.9 Å². The lowest BCUT2D eigenvalue weighted by Gasteiger charge is -2.35. The van der Waals surface area contributed by atoms with Crippen LogP contribution in [0, 0.1) is 0 Å². The third-order valence-corrected chi connectivity index (χ3v) is 5.60. The summed E-state index contributed by atoms with van der Waals surface area (Å²) in [6.45, 7) is 2.14. The summed E-state index contributed by atoms with van der Waals surface area (Å²) >= 11 is 0. The van der Waals surface area contributed by atoms with Gasteiger partial charge in [0.1, 0.15) is 0 Å². The van der Waals surface area contributed by atoms with Crippen LogP contribution in [0.2, 0.25) is 0 Å². The topological polar surface area (TPSA) is 93.7 Å². The number of carbonyl (C=O) groups is 3. The predicted octanol–water partition coefficient (Wildman–Crippen LogP) is 3.15. The van der Waals surface area contributed by atoms with Crippen LogP contribution in [0.1, 0.15) is 37.3 Å². The van der Waals surface area contributed by atoms with Crippen molar-refractivity contribution in [2.24, 2.45) is 0 Å². The first-order valence-electron chi connectivity index (χ1n) is 9.84. The minimum Gasteiger partial charge on any atom is -0.454 e. The maximum atomic E-state index is 12.5. The Hall–Kier alpha value is -3.61. The Labute approximate surface area is 174 Å². The third-order valence-electron chi connectivity index (χ3n) is 5.60. The zero-order valence-corrected chi connectivity index (χ0v) is 16.6. The van der Waals surface area contributed by atoms with Gasteiger partial charge in [0.15, 0.2) is 11.5 Å². The molecule has 4 rings (SSSR count). The van der Waals surface area contributed by atoms with Crippen LogP contribution in [0.5, 0.6) is 11.5 Å². The van der Waals surface area contributed by atoms with Crippen LogP contribution in [0.25, 0.3) is 6.08 Å². The van der Waals surface area contributed by atoms with Crippen molar-refractivity contribution in [3.05, 3.63) is 59.7 Å². The third kappa shape index (κ3) is 3.78. The van der Waals surface area contributed by atoms with E-state index in [0.717, 1.165) is 11.1 Å². The summed E-state index contributed by atoms with van der Waals surface area (Å²) in [5.74, 6) is 0.586. The fraction of sp³-hybridized carbons (Fsp3) is 0.261. The molecule has 0 saturated carbocycles. The van der Waals surface area contributed by atoms with Gasteiger partial charge in [-0.15, -0.1) is 0 Å². The normalized spacial score (nSPS) is 20.3. The Morgan fingerprint density at radius 2 is 1.90 bits per heavy atom. The lowest BCUT2D eigenvalue weighted by atomic mass is 9.72. The quantitative estimate of drug-likeness (QED) is 0.588. The lowest BCUT2D eigenvalue weighted by Crippen LogP contribution is -2.51. The fourth-order valence-corrected chi connectivity index (χ4v) is 3.81. The summed E-state index contributed by atoms with van der Waals surface area (Å²) in [4.78, 5) is 36.2. The molecule has 0 aliphatic carbocycles. The largest absolute Gasteiger partial charge is 0.454 e. The number of amides is 3. The monoisotopic (exact) mass is 406 g/mol. The van der Waals surface area contributed by atoms with E-state index in [4.69, 9.17) is 9.47 Å². The molecule has 0 radical (unpaired) electrons. The van der Waals surface area contributed by atoms with Crippen molar-refractivity contribution in [1.82, 2.24) is 5.32 Å². The van der Waals surface area contributed by atoms with E-state index in [2.05, 4.69) is 10.6 Å². The van der Waals surface area contributed by atoms with Crippen molar-refractivity contribution in [3.8, 4) is 11.5 Å². The highest BCUT2D eigenvalue weighted by molar-refractivity contribution is 6.04. The van der Waals surface area contributed by atoms with Crippen molar-refractivity contribution in [3.63, 3.8) is 0 Å². The number of hydrogen-bond acceptors (Lipinski definition) is 5. The van der Waals surface area contributed by atoms with E-state index >= 15 is 0 Å². The Balaban J connectivity index is 1.42. The summed E-state index contributed by atoms with van der Waals surface area (Å²) in [5, 5.41) is 5.25. The zero-order chi connectivity index (χ0) is 21.1. The molecule has 2 aromatic carbocycles. The Kier molecular flexibility index (Phi) is 5.27. The smallest absolute Gasteiger partial charge is 0.248 e. The molecule has 0 bridgehead atoms. The van der Waals surface area contributed by atoms with Gasteiger partial charge >= 0.3 is 0 Å². The summed E-state index contributed by atoms with van der Waals surface area (Å²) in [7, 11) is 0. The molecular formula is C23H22N2O5. The minimum atomic E-state index is -0.713. The number of piperidine rings is 1. The maximum Gasteiger partial charge on any atom is 0.248 e. The highest BCUT2D eigenvalue weighted by Gasteiger charge is 2.42. The van der Waals surface area contributed by atoms with Gasteiger partial charge in [-0.05, 0) is 54.3 Å². The second-order valence-electron chi connectivity index (χ2n) is 7.33. The van der Waals surface area contributed by atoms with Gasteiger partial charge < -0.3 is 14.8 Å². The Morgan fingerprint density at radius 3 is 2.63 bits per heavy atom. The zero-order valence-electron chi connectivity index (χ0n) is 16.6. The maximum absolute atomic E-state index is 12.5. The van der Waals surface area contributed by atoms with Crippen molar-refractivity contribution in [2.45, 2.75) is 31.6 Å². The summed E-state index contributed by atoms with van der Waals surface area (Å²) in [5.41, 5.74) is 1.57. The van der Waals surface area contributed by atoms with Gasteiger partial charge in [0.05, 0.1) is 5.41 Å². The highest BCUT2D eigenvalue weighted by atomic mass is 16.7. The molecule has 7 nitrogen and oxygen atoms in total. The van der Waals surface area contributed by atoms with Gasteiger partial charge in [-0.2, -0.15) is 0 Å². The van der Waals surface area contributed by atoms with Crippen LogP contribution < -0.4 is 20.1 Å². The molecule has 3 amide bonds. The molecule has 7 heteroatoms. The molecule has 0 spiro atoms. The number of carbonyl (C=O) groups excluding carboxylic acids is 3. The summed E-state index contributed by atoms with van der Waals surface area (Å²) < 4.78 is 10.6. The van der Waals surface area contributed by atoms with Gasteiger partial charge in [0, 0.05) is 18.2 Å². The number of fused-ring (bicyclic) bond motifs is 1. The van der Waals surface area contributed by atoms with Gasteiger partial charge in [0.25, 0.3) is 0 Å². The highest BCUT2D eigenvalue weighted by Crippen LogP contribution is 2.36. The average Bonchev–Trinajstić information content (AvgIpc) is 3.21. The number of benzene rings is 2. The van der Waals surface area contributed by atoms with E-state index in [1.807, 2.05) is 31.2 Å². The molecule has 2 aliphatic rings. The molecule has 1 atom stereocenters. The van der Waals surface area contributed by atoms with Crippen molar-refractivity contribution >= 4 is 29.5 Å². The molecule has 0 unspecified atom stereocenters. The second-order valence-corrected chi connectivity index (χ2v) is 7.33. The molecule has 2 heterocycles. The van der Waals surface area contributed by atoms with Gasteiger partial charge in [-0.1, -0.05) is 25.1 Å². The molecule has 0 aromatic heterocycles. The first-order chi connectivity index (χ1) is 14.5. The van der Waals surface area contributed by atoms with Crippen LogP contribution >= 0.6 is 0 Å². The van der Waals surface area contributed by atoms with Gasteiger partial charge in [-0.25, -0.2) is 0 Å². The molecule has 1 fully saturated rings. The van der Waals surface area contributed by atoms with Crippen LogP contribution in [0.3, 0.4) is 0 Å². The fourth-order valence-electron chi connectivity index (χ4n) is 3.81. The van der Waals surface area contributed by atoms with E-state index in [-0.39, 0.29) is 24.5 Å². The standard InChI is InChI=1S/C23H22N2O5/c1-2-23(12-11-21(27)25-22(23)28)16-5-7-17(8-6-16)24-20(26)10-4-15-3-9-18-19(13-15)30-14-29-18/h3-10,13H,2,11-12,14H2,1H3,(H,24,26)(H,25,27,28)/b10-4-/t23-/m1/s1. The average molecular weight is 406 g/mol. The van der Waals surface area contributed by atoms with E-state index in [1.54, 1.807) is 24.3 Å². The Bertz CT molecular complexity index is 1030. The number of rotatable bonds is 5. The van der Waals surface area contributed by atoms with Crippen LogP contribution in [0.4, 0.5) is 5.69 Å². The SMILES string of the molecule is CC[C@]1(c2ccc(NC(=O)/C=C\c3ccc4c(c3)OCO4)cc2)CCC(=O)NC1=O. The van der Waals surface area contributed by atoms with Crippen molar-refractivity contribution in [1.29, 1.82) is 0 Å². The molecule has 1 saturated heterocycles. The van der Waals surface area contributed by atoms with Gasteiger partial charge in [0.2, 0.25) is 24.5 Å². The number of ether oxygens (including phenoxy) is 2. The van der Waals surface area contributed by atoms with Crippen LogP contribution in [-0.2, 0) is 19.8 Å². The second kappa shape index (κ2) is 8.02. The number of anilines is 1.